The first-order valence-corrected chi connectivity index (χ1v) is 37.1. The highest BCUT2D eigenvalue weighted by molar-refractivity contribution is 6.00. The molecule has 2 amide bonds. The van der Waals surface area contributed by atoms with Crippen molar-refractivity contribution in [3.63, 3.8) is 0 Å². The average Bonchev–Trinajstić information content (AvgIpc) is 0.773. The minimum absolute atomic E-state index is 0.0221. The molecule has 30 heteroatoms. The Kier molecular flexibility index (Phi) is 33.2. The first kappa shape index (κ1) is 94.4. The summed E-state index contributed by atoms with van der Waals surface area (Å²) < 4.78 is 78.4. The van der Waals surface area contributed by atoms with E-state index in [0.29, 0.717) is 52.7 Å². The lowest BCUT2D eigenvalue weighted by atomic mass is 9.94. The number of primary amides is 1. The number of phenolic OH excluding ortho intramolecular Hbond substituents is 2. The van der Waals surface area contributed by atoms with Crippen molar-refractivity contribution in [1.29, 1.82) is 0 Å². The molecule has 0 spiro atoms. The van der Waals surface area contributed by atoms with E-state index in [1.807, 2.05) is 135 Å². The van der Waals surface area contributed by atoms with Gasteiger partial charge in [-0.15, -0.1) is 0 Å². The average molecular weight is 1690 g/mol. The Labute approximate surface area is 710 Å². The second-order valence-electron chi connectivity index (χ2n) is 27.7. The van der Waals surface area contributed by atoms with E-state index in [0.717, 1.165) is 116 Å². The van der Waals surface area contributed by atoms with Gasteiger partial charge in [0.2, 0.25) is 6.41 Å². The molecule has 0 atom stereocenters. The molecule has 0 saturated carbocycles. The number of rotatable bonds is 13. The highest BCUT2D eigenvalue weighted by atomic mass is 19.4. The van der Waals surface area contributed by atoms with E-state index in [9.17, 15) is 50.9 Å². The molecule has 0 aliphatic carbocycles. The van der Waals surface area contributed by atoms with Gasteiger partial charge in [-0.25, -0.2) is 4.79 Å². The molecule has 0 aliphatic rings. The van der Waals surface area contributed by atoms with Crippen molar-refractivity contribution < 1.29 is 65.6 Å². The number of halogens is 6. The number of aromatic carboxylic acids is 1. The van der Waals surface area contributed by atoms with E-state index in [-0.39, 0.29) is 45.8 Å². The Morgan fingerprint density at radius 2 is 0.637 bits per heavy atom. The van der Waals surface area contributed by atoms with Crippen LogP contribution in [0.4, 0.5) is 112 Å². The number of carboxylic acid groups (broad SMARTS) is 1. The Balaban J connectivity index is 0.000000198. The predicted molar refractivity (Wildman–Crippen MR) is 486 cm³/mol. The number of carbonyl (C=O) groups is 3. The Morgan fingerprint density at radius 1 is 0.339 bits per heavy atom. The minimum Gasteiger partial charge on any atom is -0.506 e. The van der Waals surface area contributed by atoms with Gasteiger partial charge in [0, 0.05) is 62.6 Å². The summed E-state index contributed by atoms with van der Waals surface area (Å²) in [6, 6.07) is 81.2. The van der Waals surface area contributed by atoms with Crippen molar-refractivity contribution in [3.8, 4) is 67.1 Å². The zero-order chi connectivity index (χ0) is 91.3. The van der Waals surface area contributed by atoms with E-state index in [2.05, 4.69) is 29.6 Å². The van der Waals surface area contributed by atoms with Gasteiger partial charge >= 0.3 is 24.5 Å². The fourth-order valence-corrected chi connectivity index (χ4v) is 11.8. The number of phenols is 2. The largest absolute Gasteiger partial charge is 0.506 e. The van der Waals surface area contributed by atoms with Crippen molar-refractivity contribution in [2.45, 2.75) is 39.0 Å². The van der Waals surface area contributed by atoms with E-state index in [1.165, 1.54) is 33.4 Å². The molecule has 14 aromatic carbocycles. The first-order valence-electron chi connectivity index (χ1n) is 37.1. The fraction of sp³-hybridized carbons (Fsp3) is 0.0638. The third kappa shape index (κ3) is 28.2. The summed E-state index contributed by atoms with van der Waals surface area (Å²) in [5.74, 6) is -1.58. The number of aromatic hydroxyl groups is 2. The molecule has 0 aromatic heterocycles. The number of nitrogen functional groups attached to an aromatic ring is 14. The fourth-order valence-electron chi connectivity index (χ4n) is 11.8. The van der Waals surface area contributed by atoms with Crippen molar-refractivity contribution in [2.75, 3.05) is 85.6 Å². The summed E-state index contributed by atoms with van der Waals surface area (Å²) in [4.78, 5) is 49.0. The van der Waals surface area contributed by atoms with Crippen LogP contribution in [-0.4, -0.2) is 39.8 Å². The lowest BCUT2D eigenvalue weighted by molar-refractivity contribution is -0.191. The maximum Gasteiger partial charge on any atom is 0.417 e. The van der Waals surface area contributed by atoms with Gasteiger partial charge in [0.25, 0.3) is 5.91 Å². The lowest BCUT2D eigenvalue weighted by Crippen LogP contribution is -2.13. The van der Waals surface area contributed by atoms with Gasteiger partial charge in [0.05, 0.1) is 45.0 Å². The first-order chi connectivity index (χ1) is 58.6. The number of alkyl halides is 6. The summed E-state index contributed by atoms with van der Waals surface area (Å²) in [6.07, 6.45) is -7.09. The lowest BCUT2D eigenvalue weighted by Gasteiger charge is -2.18. The zero-order valence-electron chi connectivity index (χ0n) is 66.9. The number of hydrogen-bond acceptors (Lipinski definition) is 21. The molecule has 0 saturated heterocycles. The maximum absolute atomic E-state index is 13.1. The number of nitrogens with two attached hydrogens (primary N) is 15. The molecule has 0 bridgehead atoms. The second kappa shape index (κ2) is 43.6. The van der Waals surface area contributed by atoms with Crippen LogP contribution in [0.1, 0.15) is 65.2 Å². The van der Waals surface area contributed by atoms with Gasteiger partial charge in [0.1, 0.15) is 11.5 Å². The molecule has 24 nitrogen and oxygen atoms in total. The van der Waals surface area contributed by atoms with E-state index >= 15 is 0 Å². The van der Waals surface area contributed by atoms with Crippen LogP contribution < -0.4 is 91.3 Å². The van der Waals surface area contributed by atoms with E-state index < -0.39 is 46.5 Å². The molecule has 0 heterocycles. The van der Waals surface area contributed by atoms with Gasteiger partial charge in [0.15, 0.2) is 0 Å². The summed E-state index contributed by atoms with van der Waals surface area (Å²) in [7, 11) is 0. The van der Waals surface area contributed by atoms with Gasteiger partial charge in [-0.05, 0) is 286 Å². The molecule has 0 fully saturated rings. The van der Waals surface area contributed by atoms with Crippen LogP contribution in [0.15, 0.2) is 285 Å². The van der Waals surface area contributed by atoms with Crippen molar-refractivity contribution in [2.24, 2.45) is 5.73 Å². The standard InChI is InChI=1S/C14H10F6N2.C14H14N4O2.C14H16N2.C13H12N2O2.2C13H14N2.C12H12N2O2.CO2/c15-13(16,17)11-5-7(21)1-3-9(11)10-4-2-8(22)6-12(10)14(18,19)20;15-11-3-1-8(5-10(11)14(17)20)9-2-4-12(16)13(6-9)18-7-19;1-9-7-11(3-5-13(9)15)12-4-6-14(16)10(2)8-12;14-10-4-1-8(2-5-10)9-3-6-12(15)11(7-9)13(16)17;14-12-5-1-10(2-6-12)9-11-3-7-13(15)8-4-11;14-12-5-1-3-10(8-12)7-11-4-2-6-13(15)9-11;13-9-3-1-7(5-11(9)15)8-2-4-10(14)12(16)6-8;2-1-3/h1-6H,21-22H2;1-7H,15-16H2,(H2,17,20)(H,18,19);3-8H,15-16H2,1-2H3;1-7H,14-15H2,(H,16,17);1-8H,9,14-15H2;1-6,8-9H,7,14-15H2;1-6,15-16H,13-14H2;. The SMILES string of the molecule is Cc1cc(-c2ccc(N)c(C)c2)ccc1N.NC(=O)c1cc(-c2ccc(N)c(NC=O)c2)ccc1N.Nc1ccc(-c2ccc(N)c(C(=O)O)c2)cc1.Nc1ccc(-c2ccc(N)c(O)c2)cc1O.Nc1ccc(-c2ccc(N)cc2C(F)(F)F)c(C(F)(F)F)c1.Nc1ccc(Cc2ccc(N)cc2)cc1.Nc1cccc(Cc2cccc(N)c2)c1.O=C=O. The molecule has 34 N–H and O–H groups in total. The predicted octanol–water partition coefficient (Wildman–Crippen LogP) is 17.3. The van der Waals surface area contributed by atoms with Crippen LogP contribution in [0.3, 0.4) is 0 Å². The maximum atomic E-state index is 13.1. The van der Waals surface area contributed by atoms with Crippen LogP contribution in [0.5, 0.6) is 11.5 Å². The molecule has 14 rings (SSSR count). The molecular weight excluding hydrogens is 1600 g/mol. The third-order valence-electron chi connectivity index (χ3n) is 18.4. The van der Waals surface area contributed by atoms with E-state index in [1.54, 1.807) is 103 Å². The summed E-state index contributed by atoms with van der Waals surface area (Å²) >= 11 is 0. The highest BCUT2D eigenvalue weighted by Gasteiger charge is 2.39. The number of aryl methyl sites for hydroxylation is 2. The number of amides is 2. The molecular formula is C94H92F6N16O8. The quantitative estimate of drug-likeness (QED) is 0.0221. The van der Waals surface area contributed by atoms with Crippen molar-refractivity contribution >= 4 is 110 Å². The summed E-state index contributed by atoms with van der Waals surface area (Å²) in [6.45, 7) is 4.03. The van der Waals surface area contributed by atoms with Crippen LogP contribution in [0, 0.1) is 13.8 Å². The number of benzene rings is 14. The Bertz CT molecular complexity index is 5730. The highest BCUT2D eigenvalue weighted by Crippen LogP contribution is 2.44. The van der Waals surface area contributed by atoms with E-state index in [4.69, 9.17) is 101 Å². The van der Waals surface area contributed by atoms with Gasteiger partial charge < -0.3 is 107 Å². The van der Waals surface area contributed by atoms with Crippen molar-refractivity contribution in [3.05, 3.63) is 341 Å². The van der Waals surface area contributed by atoms with Crippen molar-refractivity contribution in [1.82, 2.24) is 0 Å². The monoisotopic (exact) mass is 1690 g/mol. The second-order valence-corrected chi connectivity index (χ2v) is 27.7. The Hall–Kier alpha value is -16.8. The number of nitrogens with one attached hydrogen (secondary N) is 1. The molecule has 0 unspecified atom stereocenters. The molecule has 638 valence electrons. The molecule has 14 aromatic rings. The van der Waals surface area contributed by atoms with Gasteiger partial charge in [-0.1, -0.05) is 115 Å². The normalized spacial score (nSPS) is 10.4. The van der Waals surface area contributed by atoms with Gasteiger partial charge in [-0.2, -0.15) is 35.9 Å². The Morgan fingerprint density at radius 3 is 0.992 bits per heavy atom. The summed E-state index contributed by atoms with van der Waals surface area (Å²) in [5.41, 5.74) is 102. The van der Waals surface area contributed by atoms with Crippen LogP contribution in [-0.2, 0) is 39.6 Å². The number of anilines is 15. The summed E-state index contributed by atoms with van der Waals surface area (Å²) in [5, 5.41) is 30.4. The molecule has 0 aliphatic heterocycles. The molecule has 0 radical (unpaired) electrons. The number of carboxylic acids is 1. The number of hydrogen-bond donors (Lipinski definition) is 19. The number of carbonyl (C=O) groups excluding carboxylic acids is 4. The van der Waals surface area contributed by atoms with Crippen LogP contribution in [0.2, 0.25) is 0 Å². The minimum atomic E-state index is -4.84. The smallest absolute Gasteiger partial charge is 0.417 e. The zero-order valence-corrected chi connectivity index (χ0v) is 66.9. The van der Waals surface area contributed by atoms with Crippen LogP contribution in [0.25, 0.3) is 55.6 Å². The topological polar surface area (TPSA) is 548 Å². The third-order valence-corrected chi connectivity index (χ3v) is 18.4. The van der Waals surface area contributed by atoms with Crippen LogP contribution >= 0.6 is 0 Å². The molecule has 124 heavy (non-hydrogen) atoms. The van der Waals surface area contributed by atoms with Gasteiger partial charge in [-0.3, -0.25) is 9.59 Å².